The minimum Gasteiger partial charge on any atom is -0.503 e. The molecule has 36 heavy (non-hydrogen) atoms. The van der Waals surface area contributed by atoms with Crippen LogP contribution in [0.5, 0.6) is 5.75 Å². The molecule has 0 unspecified atom stereocenters. The van der Waals surface area contributed by atoms with Crippen molar-refractivity contribution in [2.24, 2.45) is 0 Å². The number of β-lactam (4-membered cyclic amide) rings is 1. The molecule has 0 saturated carbocycles. The molecule has 1 aromatic heterocycles. The zero-order chi connectivity index (χ0) is 26.8. The molecule has 2 aliphatic rings. The third-order valence-electron chi connectivity index (χ3n) is 4.76. The summed E-state index contributed by atoms with van der Waals surface area (Å²) in [5.41, 5.74) is 0.934. The maximum atomic E-state index is 12.6. The van der Waals surface area contributed by atoms with Crippen molar-refractivity contribution >= 4 is 46.2 Å². The van der Waals surface area contributed by atoms with Crippen LogP contribution < -0.4 is 25.6 Å². The predicted molar refractivity (Wildman–Crippen MR) is 112 cm³/mol. The van der Waals surface area contributed by atoms with Crippen molar-refractivity contribution in [3.63, 3.8) is 0 Å². The molecule has 0 spiro atoms. The van der Waals surface area contributed by atoms with Gasteiger partial charge in [-0.05, 0) is 6.42 Å². The van der Waals surface area contributed by atoms with Crippen molar-refractivity contribution in [1.29, 1.82) is 0 Å². The minimum absolute atomic E-state index is 0.0806. The smallest absolute Gasteiger partial charge is 0.405 e. The first-order valence-electron chi connectivity index (χ1n) is 9.80. The summed E-state index contributed by atoms with van der Waals surface area (Å²) < 4.78 is 27.0. The fourth-order valence-electron chi connectivity index (χ4n) is 3.03. The number of likely N-dealkylation sites (tertiary alicyclic amines) is 1. The highest BCUT2D eigenvalue weighted by Gasteiger charge is 2.43. The van der Waals surface area contributed by atoms with Crippen LogP contribution in [0.3, 0.4) is 0 Å². The molecular weight excluding hydrogens is 512 g/mol. The van der Waals surface area contributed by atoms with Gasteiger partial charge in [-0.1, -0.05) is 0 Å². The SMILES string of the molecule is O=C(O)N[C@H]1CN(C(=O)NS(=O)(=O)NC(=O)N2CCCN(NC(=O)c3cc(=O)c(O)c[nH]3)C2=O)C1=O. The number of nitrogens with zero attached hydrogens (tertiary/aromatic N) is 3. The number of carbonyl (C=O) groups is 6. The van der Waals surface area contributed by atoms with Gasteiger partial charge in [-0.2, -0.15) is 8.42 Å². The number of nitrogens with one attached hydrogen (secondary N) is 5. The van der Waals surface area contributed by atoms with E-state index in [1.807, 2.05) is 5.32 Å². The number of hydrazine groups is 1. The highest BCUT2D eigenvalue weighted by atomic mass is 32.2. The molecule has 0 bridgehead atoms. The largest absolute Gasteiger partial charge is 0.503 e. The Hall–Kier alpha value is -4.88. The quantitative estimate of drug-likeness (QED) is 0.188. The Labute approximate surface area is 200 Å². The van der Waals surface area contributed by atoms with E-state index in [1.54, 1.807) is 0 Å². The summed E-state index contributed by atoms with van der Waals surface area (Å²) in [6, 6.07) is -4.57. The summed E-state index contributed by atoms with van der Waals surface area (Å²) in [5.74, 6) is -2.64. The van der Waals surface area contributed by atoms with Gasteiger partial charge in [0.25, 0.3) is 11.8 Å². The number of aromatic hydroxyl groups is 1. The van der Waals surface area contributed by atoms with E-state index in [9.17, 15) is 47.1 Å². The van der Waals surface area contributed by atoms with E-state index < -0.39 is 70.0 Å². The van der Waals surface area contributed by atoms with Crippen LogP contribution in [-0.2, 0) is 15.0 Å². The number of pyridine rings is 1. The normalized spacial score (nSPS) is 17.7. The Morgan fingerprint density at radius 1 is 1.03 bits per heavy atom. The van der Waals surface area contributed by atoms with Crippen LogP contribution in [0.15, 0.2) is 17.1 Å². The molecule has 7 N–H and O–H groups in total. The number of carbonyl (C=O) groups excluding carboxylic acids is 5. The second-order valence-corrected chi connectivity index (χ2v) is 8.66. The van der Waals surface area contributed by atoms with Crippen molar-refractivity contribution in [3.05, 3.63) is 28.2 Å². The zero-order valence-corrected chi connectivity index (χ0v) is 18.7. The number of aromatic amines is 1. The molecule has 194 valence electrons. The second-order valence-electron chi connectivity index (χ2n) is 7.25. The van der Waals surface area contributed by atoms with Crippen molar-refractivity contribution in [3.8, 4) is 5.75 Å². The number of urea groups is 3. The molecule has 0 radical (unpaired) electrons. The van der Waals surface area contributed by atoms with E-state index in [0.29, 0.717) is 14.8 Å². The molecular formula is C16H18N8O11S. The van der Waals surface area contributed by atoms with Gasteiger partial charge in [0, 0.05) is 25.4 Å². The maximum Gasteiger partial charge on any atom is 0.405 e. The van der Waals surface area contributed by atoms with Gasteiger partial charge in [0.05, 0.1) is 6.54 Å². The summed E-state index contributed by atoms with van der Waals surface area (Å²) in [6.45, 7) is -0.793. The number of carboxylic acid groups (broad SMARTS) is 1. The first-order chi connectivity index (χ1) is 16.8. The van der Waals surface area contributed by atoms with Crippen LogP contribution in [0, 0.1) is 0 Å². The summed E-state index contributed by atoms with van der Waals surface area (Å²) in [7, 11) is -4.92. The average molecular weight is 530 g/mol. The van der Waals surface area contributed by atoms with E-state index in [2.05, 4.69) is 10.4 Å². The molecule has 0 aromatic carbocycles. The predicted octanol–water partition coefficient (Wildman–Crippen LogP) is -3.00. The zero-order valence-electron chi connectivity index (χ0n) is 17.9. The van der Waals surface area contributed by atoms with Crippen LogP contribution in [0.25, 0.3) is 0 Å². The molecule has 19 nitrogen and oxygen atoms in total. The monoisotopic (exact) mass is 530 g/mol. The summed E-state index contributed by atoms with van der Waals surface area (Å²) in [6.07, 6.45) is -0.579. The molecule has 3 heterocycles. The Kier molecular flexibility index (Phi) is 6.99. The highest BCUT2D eigenvalue weighted by Crippen LogP contribution is 2.11. The minimum atomic E-state index is -4.92. The van der Waals surface area contributed by atoms with Crippen molar-refractivity contribution in [2.75, 3.05) is 19.6 Å². The molecule has 1 atom stereocenters. The lowest BCUT2D eigenvalue weighted by atomic mass is 10.1. The number of H-pyrrole nitrogens is 1. The van der Waals surface area contributed by atoms with Crippen molar-refractivity contribution in [2.45, 2.75) is 12.5 Å². The van der Waals surface area contributed by atoms with E-state index in [4.69, 9.17) is 5.11 Å². The molecule has 2 aliphatic heterocycles. The van der Waals surface area contributed by atoms with Gasteiger partial charge in [-0.3, -0.25) is 24.7 Å². The molecule has 1 aromatic rings. The van der Waals surface area contributed by atoms with E-state index >= 15 is 0 Å². The van der Waals surface area contributed by atoms with Gasteiger partial charge in [0.2, 0.25) is 5.43 Å². The van der Waals surface area contributed by atoms with E-state index in [1.165, 1.54) is 9.44 Å². The summed E-state index contributed by atoms with van der Waals surface area (Å²) >= 11 is 0. The molecule has 3 rings (SSSR count). The lowest BCUT2D eigenvalue weighted by molar-refractivity contribution is -0.138. The lowest BCUT2D eigenvalue weighted by Gasteiger charge is -2.36. The van der Waals surface area contributed by atoms with Gasteiger partial charge in [-0.15, -0.1) is 0 Å². The average Bonchev–Trinajstić information content (AvgIpc) is 2.78. The first-order valence-corrected chi connectivity index (χ1v) is 11.3. The lowest BCUT2D eigenvalue weighted by Crippen LogP contribution is -2.68. The fourth-order valence-corrected chi connectivity index (χ4v) is 3.76. The van der Waals surface area contributed by atoms with Gasteiger partial charge in [0.1, 0.15) is 11.7 Å². The van der Waals surface area contributed by atoms with Crippen LogP contribution in [0.1, 0.15) is 16.9 Å². The Morgan fingerprint density at radius 2 is 1.67 bits per heavy atom. The standard InChI is InChI=1S/C16H18N8O11S/c25-9-4-7(17-5-10(9)26)11(27)19-24-3-1-2-22(16(24)33)13(29)20-36(34,35)21-14(30)23-6-8(12(23)28)18-15(31)32/h4-5,8,18,26H,1-3,6H2,(H,17,25)(H,19,27)(H,20,29)(H,21,30)(H,31,32)/t8-/m0/s1. The first kappa shape index (κ1) is 25.7. The number of hydrogen-bond donors (Lipinski definition) is 7. The molecule has 2 fully saturated rings. The summed E-state index contributed by atoms with van der Waals surface area (Å²) in [5, 5.41) is 20.3. The number of amides is 9. The van der Waals surface area contributed by atoms with Gasteiger partial charge < -0.3 is 20.5 Å². The Morgan fingerprint density at radius 3 is 2.25 bits per heavy atom. The van der Waals surface area contributed by atoms with Crippen molar-refractivity contribution in [1.82, 2.24) is 40.0 Å². The third-order valence-corrected chi connectivity index (χ3v) is 5.65. The van der Waals surface area contributed by atoms with E-state index in [0.717, 1.165) is 12.3 Å². The van der Waals surface area contributed by atoms with Gasteiger partial charge >= 0.3 is 34.4 Å². The van der Waals surface area contributed by atoms with Gasteiger partial charge in [0.15, 0.2) is 5.75 Å². The number of hydrogen-bond acceptors (Lipinski definition) is 10. The highest BCUT2D eigenvalue weighted by molar-refractivity contribution is 7.88. The number of aromatic nitrogens is 1. The van der Waals surface area contributed by atoms with Crippen molar-refractivity contribution < 1.29 is 47.4 Å². The molecule has 2 saturated heterocycles. The maximum absolute atomic E-state index is 12.6. The van der Waals surface area contributed by atoms with Crippen LogP contribution in [0.4, 0.5) is 19.2 Å². The van der Waals surface area contributed by atoms with Gasteiger partial charge in [-0.25, -0.2) is 38.5 Å². The Bertz CT molecular complexity index is 1310. The van der Waals surface area contributed by atoms with Crippen LogP contribution in [0.2, 0.25) is 0 Å². The second kappa shape index (κ2) is 9.77. The fraction of sp³-hybridized carbons (Fsp3) is 0.312. The van der Waals surface area contributed by atoms with E-state index in [-0.39, 0.29) is 25.2 Å². The Balaban J connectivity index is 1.58. The van der Waals surface area contributed by atoms with Crippen LogP contribution >= 0.6 is 0 Å². The number of rotatable bonds is 5. The summed E-state index contributed by atoms with van der Waals surface area (Å²) in [4.78, 5) is 86.0. The molecule has 9 amide bonds. The third kappa shape index (κ3) is 5.60. The topological polar surface area (TPSA) is 268 Å². The van der Waals surface area contributed by atoms with Crippen LogP contribution in [-0.4, -0.2) is 100 Å². The molecule has 20 heteroatoms. The molecule has 0 aliphatic carbocycles. The number of imide groups is 2.